The van der Waals surface area contributed by atoms with Crippen molar-refractivity contribution in [2.24, 2.45) is 0 Å². The van der Waals surface area contributed by atoms with E-state index in [9.17, 15) is 13.2 Å². The van der Waals surface area contributed by atoms with Gasteiger partial charge in [0.1, 0.15) is 6.61 Å². The zero-order chi connectivity index (χ0) is 18.1. The quantitative estimate of drug-likeness (QED) is 0.780. The minimum Gasteiger partial charge on any atom is -0.475 e. The molecule has 2 unspecified atom stereocenters. The third kappa shape index (κ3) is 4.06. The summed E-state index contributed by atoms with van der Waals surface area (Å²) in [6, 6.07) is 0.238. The molecule has 3 heterocycles. The van der Waals surface area contributed by atoms with Gasteiger partial charge >= 0.3 is 6.18 Å². The summed E-state index contributed by atoms with van der Waals surface area (Å²) in [7, 11) is 0. The van der Waals surface area contributed by atoms with Crippen LogP contribution >= 0.6 is 0 Å². The fourth-order valence-electron chi connectivity index (χ4n) is 3.83. The first-order valence-electron chi connectivity index (χ1n) is 8.70. The van der Waals surface area contributed by atoms with E-state index in [0.29, 0.717) is 12.8 Å². The van der Waals surface area contributed by atoms with Gasteiger partial charge < -0.3 is 9.47 Å². The van der Waals surface area contributed by atoms with Crippen molar-refractivity contribution in [1.82, 2.24) is 14.9 Å². The molecule has 0 aromatic carbocycles. The Kier molecular flexibility index (Phi) is 5.20. The van der Waals surface area contributed by atoms with Crippen molar-refractivity contribution in [3.8, 4) is 5.88 Å². The Hall–Kier alpha value is -1.41. The second-order valence-corrected chi connectivity index (χ2v) is 7.12. The van der Waals surface area contributed by atoms with Crippen molar-refractivity contribution in [3.05, 3.63) is 18.1 Å². The van der Waals surface area contributed by atoms with Crippen molar-refractivity contribution in [2.45, 2.75) is 63.4 Å². The maximum Gasteiger partial charge on any atom is 0.434 e. The van der Waals surface area contributed by atoms with Gasteiger partial charge in [-0.05, 0) is 46.1 Å². The van der Waals surface area contributed by atoms with Crippen LogP contribution in [0.2, 0.25) is 0 Å². The number of fused-ring (bicyclic) bond motifs is 1. The third-order valence-electron chi connectivity index (χ3n) is 5.06. The second-order valence-electron chi connectivity index (χ2n) is 7.12. The van der Waals surface area contributed by atoms with Crippen LogP contribution in [0.3, 0.4) is 0 Å². The number of nitrogens with zero attached hydrogens (tertiary/aromatic N) is 3. The largest absolute Gasteiger partial charge is 0.475 e. The van der Waals surface area contributed by atoms with Gasteiger partial charge in [0.25, 0.3) is 0 Å². The van der Waals surface area contributed by atoms with Gasteiger partial charge in [-0.2, -0.15) is 13.2 Å². The zero-order valence-corrected chi connectivity index (χ0v) is 14.6. The van der Waals surface area contributed by atoms with E-state index in [1.165, 1.54) is 0 Å². The standard InChI is InChI=1S/C17H24F3N3O2/c1-12(2)25-11-16-5-3-7-23(16)13(4-6-16)10-24-15-9-21-14(8-22-15)17(18,19)20/h8-9,12-13H,3-7,10-11H2,1-2H3. The lowest BCUT2D eigenvalue weighted by Crippen LogP contribution is -2.47. The Morgan fingerprint density at radius 1 is 1.28 bits per heavy atom. The number of hydrogen-bond acceptors (Lipinski definition) is 5. The Balaban J connectivity index is 1.57. The first-order chi connectivity index (χ1) is 11.8. The summed E-state index contributed by atoms with van der Waals surface area (Å²) in [6.07, 6.45) is 1.78. The van der Waals surface area contributed by atoms with Crippen LogP contribution in [-0.2, 0) is 10.9 Å². The van der Waals surface area contributed by atoms with Crippen LogP contribution in [0, 0.1) is 0 Å². The Morgan fingerprint density at radius 2 is 2.08 bits per heavy atom. The summed E-state index contributed by atoms with van der Waals surface area (Å²) in [5, 5.41) is 0. The minimum absolute atomic E-state index is 0.0874. The second kappa shape index (κ2) is 7.07. The molecule has 1 aromatic heterocycles. The van der Waals surface area contributed by atoms with Crippen molar-refractivity contribution in [3.63, 3.8) is 0 Å². The summed E-state index contributed by atoms with van der Waals surface area (Å²) >= 11 is 0. The number of aromatic nitrogens is 2. The number of hydrogen-bond donors (Lipinski definition) is 0. The van der Waals surface area contributed by atoms with E-state index in [1.54, 1.807) is 0 Å². The zero-order valence-electron chi connectivity index (χ0n) is 14.6. The number of halogens is 3. The van der Waals surface area contributed by atoms with Gasteiger partial charge in [0.05, 0.1) is 25.1 Å². The van der Waals surface area contributed by atoms with Crippen LogP contribution in [0.1, 0.15) is 45.2 Å². The van der Waals surface area contributed by atoms with Gasteiger partial charge in [-0.25, -0.2) is 9.97 Å². The maximum atomic E-state index is 12.5. The maximum absolute atomic E-state index is 12.5. The molecule has 0 radical (unpaired) electrons. The molecule has 0 amide bonds. The molecular weight excluding hydrogens is 335 g/mol. The Labute approximate surface area is 145 Å². The van der Waals surface area contributed by atoms with Crippen molar-refractivity contribution in [1.29, 1.82) is 0 Å². The molecule has 5 nitrogen and oxygen atoms in total. The first-order valence-corrected chi connectivity index (χ1v) is 8.70. The molecule has 2 fully saturated rings. The molecule has 2 aliphatic rings. The summed E-state index contributed by atoms with van der Waals surface area (Å²) in [6.45, 7) is 6.21. The first kappa shape index (κ1) is 18.4. The minimum atomic E-state index is -4.48. The van der Waals surface area contributed by atoms with E-state index in [0.717, 1.165) is 45.0 Å². The van der Waals surface area contributed by atoms with E-state index < -0.39 is 11.9 Å². The Bertz CT molecular complexity index is 579. The predicted octanol–water partition coefficient (Wildman–Crippen LogP) is 3.30. The monoisotopic (exact) mass is 359 g/mol. The molecule has 2 saturated heterocycles. The summed E-state index contributed by atoms with van der Waals surface area (Å²) in [5.74, 6) is 0.128. The summed E-state index contributed by atoms with van der Waals surface area (Å²) in [4.78, 5) is 9.55. The molecular formula is C17H24F3N3O2. The lowest BCUT2D eigenvalue weighted by Gasteiger charge is -2.35. The van der Waals surface area contributed by atoms with Gasteiger partial charge in [0.2, 0.25) is 5.88 Å². The highest BCUT2D eigenvalue weighted by Crippen LogP contribution is 2.42. The van der Waals surface area contributed by atoms with Crippen LogP contribution in [0.15, 0.2) is 12.4 Å². The lowest BCUT2D eigenvalue weighted by molar-refractivity contribution is -0.141. The molecule has 0 spiro atoms. The molecule has 0 saturated carbocycles. The van der Waals surface area contributed by atoms with Gasteiger partial charge in [-0.3, -0.25) is 4.90 Å². The molecule has 140 valence electrons. The van der Waals surface area contributed by atoms with Crippen LogP contribution in [0.4, 0.5) is 13.2 Å². The lowest BCUT2D eigenvalue weighted by atomic mass is 9.95. The highest BCUT2D eigenvalue weighted by atomic mass is 19.4. The molecule has 0 bridgehead atoms. The number of alkyl halides is 3. The van der Waals surface area contributed by atoms with Gasteiger partial charge in [-0.1, -0.05) is 0 Å². The predicted molar refractivity (Wildman–Crippen MR) is 85.3 cm³/mol. The topological polar surface area (TPSA) is 47.5 Å². The molecule has 0 N–H and O–H groups in total. The Morgan fingerprint density at radius 3 is 2.72 bits per heavy atom. The van der Waals surface area contributed by atoms with Gasteiger partial charge in [-0.15, -0.1) is 0 Å². The van der Waals surface area contributed by atoms with Crippen molar-refractivity contribution < 1.29 is 22.6 Å². The molecule has 0 aliphatic carbocycles. The van der Waals surface area contributed by atoms with E-state index in [2.05, 4.69) is 14.9 Å². The fraction of sp³-hybridized carbons (Fsp3) is 0.765. The SMILES string of the molecule is CC(C)OCC12CCCN1C(COc1cnc(C(F)(F)F)cn1)CC2. The van der Waals surface area contributed by atoms with Crippen LogP contribution in [0.25, 0.3) is 0 Å². The van der Waals surface area contributed by atoms with Crippen molar-refractivity contribution >= 4 is 0 Å². The number of rotatable bonds is 6. The van der Waals surface area contributed by atoms with E-state index in [4.69, 9.17) is 9.47 Å². The van der Waals surface area contributed by atoms with E-state index in [-0.39, 0.29) is 23.6 Å². The highest BCUT2D eigenvalue weighted by Gasteiger charge is 2.49. The fourth-order valence-corrected chi connectivity index (χ4v) is 3.83. The average molecular weight is 359 g/mol. The summed E-state index contributed by atoms with van der Waals surface area (Å²) < 4.78 is 49.0. The molecule has 2 aliphatic heterocycles. The van der Waals surface area contributed by atoms with Gasteiger partial charge in [0.15, 0.2) is 5.69 Å². The van der Waals surface area contributed by atoms with Crippen LogP contribution < -0.4 is 4.74 Å². The molecule has 8 heteroatoms. The average Bonchev–Trinajstić information content (AvgIpc) is 3.10. The molecule has 1 aromatic rings. The van der Waals surface area contributed by atoms with Crippen LogP contribution in [-0.4, -0.2) is 52.3 Å². The summed E-state index contributed by atoms with van der Waals surface area (Å²) in [5.41, 5.74) is -0.922. The van der Waals surface area contributed by atoms with E-state index in [1.807, 2.05) is 13.8 Å². The number of ether oxygens (including phenoxy) is 2. The highest BCUT2D eigenvalue weighted by molar-refractivity contribution is 5.10. The molecule has 3 rings (SSSR count). The normalized spacial score (nSPS) is 27.0. The van der Waals surface area contributed by atoms with E-state index >= 15 is 0 Å². The third-order valence-corrected chi connectivity index (χ3v) is 5.06. The van der Waals surface area contributed by atoms with Crippen LogP contribution in [0.5, 0.6) is 5.88 Å². The molecule has 2 atom stereocenters. The smallest absolute Gasteiger partial charge is 0.434 e. The van der Waals surface area contributed by atoms with Gasteiger partial charge in [0, 0.05) is 11.6 Å². The van der Waals surface area contributed by atoms with Crippen molar-refractivity contribution in [2.75, 3.05) is 19.8 Å². The molecule has 25 heavy (non-hydrogen) atoms.